The highest BCUT2D eigenvalue weighted by Gasteiger charge is 2.31. The minimum absolute atomic E-state index is 0.0336. The molecule has 1 N–H and O–H groups in total. The Morgan fingerprint density at radius 2 is 2.06 bits per heavy atom. The number of hydrogen-bond acceptors (Lipinski definition) is 4. The number of aromatic nitrogens is 1. The summed E-state index contributed by atoms with van der Waals surface area (Å²) in [5, 5.41) is 9.45. The Labute approximate surface area is 100 Å². The first-order valence-corrected chi connectivity index (χ1v) is 7.08. The molecule has 92 valence electrons. The topological polar surface area (TPSA) is 70.5 Å². The van der Waals surface area contributed by atoms with Crippen LogP contribution in [0.1, 0.15) is 18.0 Å². The fourth-order valence-electron chi connectivity index (χ4n) is 1.94. The first kappa shape index (κ1) is 12.1. The molecule has 17 heavy (non-hydrogen) atoms. The first-order chi connectivity index (χ1) is 7.98. The lowest BCUT2D eigenvalue weighted by Gasteiger charge is -2.32. The molecule has 1 atom stereocenters. The second kappa shape index (κ2) is 4.46. The van der Waals surface area contributed by atoms with Gasteiger partial charge in [-0.25, -0.2) is 8.42 Å². The molecule has 0 bridgehead atoms. The zero-order chi connectivity index (χ0) is 12.5. The summed E-state index contributed by atoms with van der Waals surface area (Å²) in [6.45, 7) is 0.0336. The zero-order valence-corrected chi connectivity index (χ0v) is 10.3. The summed E-state index contributed by atoms with van der Waals surface area (Å²) in [5.74, 6) is 0.0979. The molecule has 1 aliphatic heterocycles. The molecule has 0 fully saturated rings. The van der Waals surface area contributed by atoms with Gasteiger partial charge in [0.1, 0.15) is 5.76 Å². The molecule has 6 heteroatoms. The second-order valence-corrected chi connectivity index (χ2v) is 5.97. The van der Waals surface area contributed by atoms with Crippen LogP contribution in [0.25, 0.3) is 0 Å². The van der Waals surface area contributed by atoms with E-state index < -0.39 is 10.0 Å². The van der Waals surface area contributed by atoms with Gasteiger partial charge in [0.05, 0.1) is 18.8 Å². The Balaban J connectivity index is 2.38. The lowest BCUT2D eigenvalue weighted by molar-refractivity contribution is 0.266. The third-order valence-electron chi connectivity index (χ3n) is 2.76. The van der Waals surface area contributed by atoms with E-state index in [0.717, 1.165) is 11.8 Å². The number of hydrogen-bond donors (Lipinski definition) is 1. The SMILES string of the molecule is CS(=O)(=O)N1CC(O)=CCC1c1ccncc1. The van der Waals surface area contributed by atoms with Gasteiger partial charge in [0.15, 0.2) is 0 Å². The summed E-state index contributed by atoms with van der Waals surface area (Å²) in [6, 6.07) is 3.32. The summed E-state index contributed by atoms with van der Waals surface area (Å²) in [5.41, 5.74) is 0.883. The highest BCUT2D eigenvalue weighted by Crippen LogP contribution is 2.30. The average molecular weight is 254 g/mol. The highest BCUT2D eigenvalue weighted by atomic mass is 32.2. The molecule has 1 aromatic rings. The van der Waals surface area contributed by atoms with E-state index in [2.05, 4.69) is 4.98 Å². The summed E-state index contributed by atoms with van der Waals surface area (Å²) in [4.78, 5) is 3.91. The van der Waals surface area contributed by atoms with Crippen LogP contribution in [0.3, 0.4) is 0 Å². The Morgan fingerprint density at radius 3 is 2.65 bits per heavy atom. The van der Waals surface area contributed by atoms with Crippen LogP contribution in [-0.4, -0.2) is 35.6 Å². The van der Waals surface area contributed by atoms with Gasteiger partial charge in [0.2, 0.25) is 10.0 Å². The summed E-state index contributed by atoms with van der Waals surface area (Å²) >= 11 is 0. The molecule has 0 saturated carbocycles. The third-order valence-corrected chi connectivity index (χ3v) is 3.99. The van der Waals surface area contributed by atoms with E-state index >= 15 is 0 Å². The maximum Gasteiger partial charge on any atom is 0.212 e. The van der Waals surface area contributed by atoms with E-state index in [1.54, 1.807) is 30.6 Å². The number of pyridine rings is 1. The zero-order valence-electron chi connectivity index (χ0n) is 9.44. The van der Waals surface area contributed by atoms with E-state index in [1.807, 2.05) is 0 Å². The predicted octanol–water partition coefficient (Wildman–Crippen LogP) is 1.23. The van der Waals surface area contributed by atoms with E-state index in [0.29, 0.717) is 6.42 Å². The van der Waals surface area contributed by atoms with Crippen molar-refractivity contribution in [3.8, 4) is 0 Å². The average Bonchev–Trinajstić information content (AvgIpc) is 2.29. The van der Waals surface area contributed by atoms with E-state index in [4.69, 9.17) is 0 Å². The first-order valence-electron chi connectivity index (χ1n) is 5.23. The van der Waals surface area contributed by atoms with Crippen molar-refractivity contribution in [1.82, 2.24) is 9.29 Å². The minimum Gasteiger partial charge on any atom is -0.511 e. The van der Waals surface area contributed by atoms with Crippen LogP contribution in [0.15, 0.2) is 36.4 Å². The van der Waals surface area contributed by atoms with Gasteiger partial charge in [-0.1, -0.05) is 0 Å². The molecular weight excluding hydrogens is 240 g/mol. The van der Waals surface area contributed by atoms with Crippen molar-refractivity contribution >= 4 is 10.0 Å². The smallest absolute Gasteiger partial charge is 0.212 e. The molecule has 5 nitrogen and oxygen atoms in total. The van der Waals surface area contributed by atoms with Crippen LogP contribution >= 0.6 is 0 Å². The van der Waals surface area contributed by atoms with Crippen LogP contribution in [0, 0.1) is 0 Å². The standard InChI is InChI=1S/C11H14N2O3S/c1-17(15,16)13-8-10(14)2-3-11(13)9-4-6-12-7-5-9/h2,4-7,11,14H,3,8H2,1H3. The van der Waals surface area contributed by atoms with Crippen molar-refractivity contribution in [2.45, 2.75) is 12.5 Å². The fraction of sp³-hybridized carbons (Fsp3) is 0.364. The normalized spacial score (nSPS) is 22.2. The van der Waals surface area contributed by atoms with Crippen molar-refractivity contribution in [2.24, 2.45) is 0 Å². The summed E-state index contributed by atoms with van der Waals surface area (Å²) < 4.78 is 24.7. The molecule has 1 aromatic heterocycles. The van der Waals surface area contributed by atoms with Crippen molar-refractivity contribution in [1.29, 1.82) is 0 Å². The molecule has 2 rings (SSSR count). The summed E-state index contributed by atoms with van der Waals surface area (Å²) in [7, 11) is -3.34. The van der Waals surface area contributed by atoms with Gasteiger partial charge in [-0.15, -0.1) is 0 Å². The van der Waals surface area contributed by atoms with Gasteiger partial charge in [-0.2, -0.15) is 4.31 Å². The number of aliphatic hydroxyl groups is 1. The Morgan fingerprint density at radius 1 is 1.41 bits per heavy atom. The van der Waals surface area contributed by atoms with E-state index in [1.165, 1.54) is 4.31 Å². The van der Waals surface area contributed by atoms with Gasteiger partial charge in [-0.05, 0) is 30.2 Å². The molecular formula is C11H14N2O3S. The number of nitrogens with zero attached hydrogens (tertiary/aromatic N) is 2. The molecule has 0 aromatic carbocycles. The molecule has 1 aliphatic rings. The monoisotopic (exact) mass is 254 g/mol. The fourth-order valence-corrected chi connectivity index (χ4v) is 2.97. The van der Waals surface area contributed by atoms with Crippen LogP contribution in [-0.2, 0) is 10.0 Å². The van der Waals surface area contributed by atoms with Gasteiger partial charge in [0, 0.05) is 12.4 Å². The lowest BCUT2D eigenvalue weighted by atomic mass is 10.0. The van der Waals surface area contributed by atoms with Crippen molar-refractivity contribution < 1.29 is 13.5 Å². The number of sulfonamides is 1. The van der Waals surface area contributed by atoms with Crippen LogP contribution in [0.2, 0.25) is 0 Å². The third kappa shape index (κ3) is 2.65. The highest BCUT2D eigenvalue weighted by molar-refractivity contribution is 7.88. The molecule has 0 spiro atoms. The summed E-state index contributed by atoms with van der Waals surface area (Å²) in [6.07, 6.45) is 6.55. The van der Waals surface area contributed by atoms with E-state index in [-0.39, 0.29) is 18.3 Å². The molecule has 0 radical (unpaired) electrons. The number of aliphatic hydroxyl groups excluding tert-OH is 1. The van der Waals surface area contributed by atoms with E-state index in [9.17, 15) is 13.5 Å². The Kier molecular flexibility index (Phi) is 3.17. The quantitative estimate of drug-likeness (QED) is 0.861. The predicted molar refractivity (Wildman–Crippen MR) is 63.9 cm³/mol. The van der Waals surface area contributed by atoms with Crippen molar-refractivity contribution in [3.05, 3.63) is 41.9 Å². The van der Waals surface area contributed by atoms with Crippen LogP contribution < -0.4 is 0 Å². The van der Waals surface area contributed by atoms with Gasteiger partial charge in [-0.3, -0.25) is 4.98 Å². The Bertz CT molecular complexity index is 525. The van der Waals surface area contributed by atoms with Crippen LogP contribution in [0.5, 0.6) is 0 Å². The van der Waals surface area contributed by atoms with Gasteiger partial charge < -0.3 is 5.11 Å². The molecule has 1 unspecified atom stereocenters. The minimum atomic E-state index is -3.34. The van der Waals surface area contributed by atoms with Gasteiger partial charge >= 0.3 is 0 Å². The second-order valence-electron chi connectivity index (χ2n) is 4.04. The lowest BCUT2D eigenvalue weighted by Crippen LogP contribution is -2.37. The van der Waals surface area contributed by atoms with Crippen molar-refractivity contribution in [2.75, 3.05) is 12.8 Å². The Hall–Kier alpha value is -1.40. The van der Waals surface area contributed by atoms with Crippen LogP contribution in [0.4, 0.5) is 0 Å². The molecule has 0 aliphatic carbocycles. The van der Waals surface area contributed by atoms with Crippen molar-refractivity contribution in [3.63, 3.8) is 0 Å². The molecule has 0 amide bonds. The molecule has 2 heterocycles. The number of rotatable bonds is 2. The van der Waals surface area contributed by atoms with Gasteiger partial charge in [0.25, 0.3) is 0 Å². The molecule has 0 saturated heterocycles. The maximum absolute atomic E-state index is 11.7. The largest absolute Gasteiger partial charge is 0.511 e. The maximum atomic E-state index is 11.7.